The number of nitrogens with one attached hydrogen (secondary N) is 3. The summed E-state index contributed by atoms with van der Waals surface area (Å²) in [5.74, 6) is 0.457. The van der Waals surface area contributed by atoms with E-state index in [1.165, 1.54) is 11.3 Å². The summed E-state index contributed by atoms with van der Waals surface area (Å²) in [6, 6.07) is 12.3. The highest BCUT2D eigenvalue weighted by atomic mass is 32.1. The first-order chi connectivity index (χ1) is 14.4. The number of anilines is 2. The molecule has 0 saturated carbocycles. The van der Waals surface area contributed by atoms with Crippen LogP contribution < -0.4 is 20.7 Å². The molecule has 0 unspecified atom stereocenters. The van der Waals surface area contributed by atoms with Gasteiger partial charge in [-0.1, -0.05) is 11.6 Å². The Morgan fingerprint density at radius 3 is 2.47 bits per heavy atom. The van der Waals surface area contributed by atoms with Gasteiger partial charge >= 0.3 is 6.03 Å². The van der Waals surface area contributed by atoms with Crippen molar-refractivity contribution in [2.24, 2.45) is 0 Å². The highest BCUT2D eigenvalue weighted by Crippen LogP contribution is 2.33. The summed E-state index contributed by atoms with van der Waals surface area (Å²) in [7, 11) is 1.62. The molecular formula is C22H24N4O3S. The minimum atomic E-state index is -0.288. The van der Waals surface area contributed by atoms with Crippen molar-refractivity contribution in [1.29, 1.82) is 0 Å². The molecule has 0 spiro atoms. The number of ether oxygens (including phenoxy) is 1. The molecule has 0 aliphatic carbocycles. The monoisotopic (exact) mass is 424 g/mol. The standard InChI is InChI=1S/C22H24N4O3S/c1-13(2)23-21(28)24-16-8-6-15(7-9-16)20(27)26-22-25-18(12-30-22)17-11-14(3)5-10-19(17)29-4/h5-13H,1-4H3,(H2,23,24,28)(H,25,26,27). The van der Waals surface area contributed by atoms with Gasteiger partial charge in [-0.05, 0) is 57.2 Å². The quantitative estimate of drug-likeness (QED) is 0.524. The Kier molecular flexibility index (Phi) is 6.68. The first-order valence-electron chi connectivity index (χ1n) is 9.45. The third kappa shape index (κ3) is 5.36. The van der Waals surface area contributed by atoms with Crippen molar-refractivity contribution in [2.45, 2.75) is 26.8 Å². The van der Waals surface area contributed by atoms with Gasteiger partial charge in [0.2, 0.25) is 0 Å². The lowest BCUT2D eigenvalue weighted by Crippen LogP contribution is -2.34. The van der Waals surface area contributed by atoms with Crippen LogP contribution in [-0.2, 0) is 0 Å². The topological polar surface area (TPSA) is 92.4 Å². The highest BCUT2D eigenvalue weighted by molar-refractivity contribution is 7.14. The zero-order valence-corrected chi connectivity index (χ0v) is 18.1. The van der Waals surface area contributed by atoms with E-state index in [4.69, 9.17) is 4.74 Å². The molecule has 1 aromatic heterocycles. The molecule has 0 aliphatic heterocycles. The van der Waals surface area contributed by atoms with Crippen LogP contribution in [-0.4, -0.2) is 30.1 Å². The van der Waals surface area contributed by atoms with Crippen molar-refractivity contribution in [3.63, 3.8) is 0 Å². The van der Waals surface area contributed by atoms with Crippen LogP contribution in [0, 0.1) is 6.92 Å². The number of benzene rings is 2. The van der Waals surface area contributed by atoms with Gasteiger partial charge < -0.3 is 15.4 Å². The Balaban J connectivity index is 1.67. The normalized spacial score (nSPS) is 10.6. The summed E-state index contributed by atoms with van der Waals surface area (Å²) >= 11 is 1.35. The third-order valence-electron chi connectivity index (χ3n) is 4.18. The molecule has 156 valence electrons. The molecular weight excluding hydrogens is 400 g/mol. The van der Waals surface area contributed by atoms with Crippen LogP contribution in [0.4, 0.5) is 15.6 Å². The number of aryl methyl sites for hydroxylation is 1. The number of nitrogens with zero attached hydrogens (tertiary/aromatic N) is 1. The molecule has 0 aliphatic rings. The van der Waals surface area contributed by atoms with Gasteiger partial charge in [-0.15, -0.1) is 11.3 Å². The van der Waals surface area contributed by atoms with Crippen molar-refractivity contribution < 1.29 is 14.3 Å². The second kappa shape index (κ2) is 9.41. The number of hydrogen-bond acceptors (Lipinski definition) is 5. The molecule has 3 aromatic rings. The summed E-state index contributed by atoms with van der Waals surface area (Å²) < 4.78 is 5.42. The van der Waals surface area contributed by atoms with Crippen LogP contribution in [0.15, 0.2) is 47.8 Å². The molecule has 3 N–H and O–H groups in total. The average Bonchev–Trinajstić information content (AvgIpc) is 3.16. The van der Waals surface area contributed by atoms with Crippen LogP contribution in [0.5, 0.6) is 5.75 Å². The molecule has 0 fully saturated rings. The van der Waals surface area contributed by atoms with E-state index in [2.05, 4.69) is 20.9 Å². The van der Waals surface area contributed by atoms with E-state index >= 15 is 0 Å². The zero-order chi connectivity index (χ0) is 21.7. The number of aromatic nitrogens is 1. The number of methoxy groups -OCH3 is 1. The Bertz CT molecular complexity index is 1040. The summed E-state index contributed by atoms with van der Waals surface area (Å²) in [4.78, 5) is 28.8. The van der Waals surface area contributed by atoms with Gasteiger partial charge in [-0.2, -0.15) is 0 Å². The van der Waals surface area contributed by atoms with Gasteiger partial charge in [-0.3, -0.25) is 10.1 Å². The molecule has 3 rings (SSSR count). The Labute approximate surface area is 179 Å². The maximum Gasteiger partial charge on any atom is 0.319 e. The molecule has 8 heteroatoms. The second-order valence-corrected chi connectivity index (χ2v) is 7.88. The molecule has 7 nitrogen and oxygen atoms in total. The first kappa shape index (κ1) is 21.3. The minimum Gasteiger partial charge on any atom is -0.496 e. The predicted octanol–water partition coefficient (Wildman–Crippen LogP) is 4.91. The number of carbonyl (C=O) groups is 2. The average molecular weight is 425 g/mol. The number of hydrogen-bond donors (Lipinski definition) is 3. The van der Waals surface area contributed by atoms with Gasteiger partial charge in [0.15, 0.2) is 5.13 Å². The highest BCUT2D eigenvalue weighted by Gasteiger charge is 2.13. The van der Waals surface area contributed by atoms with Crippen molar-refractivity contribution in [1.82, 2.24) is 10.3 Å². The van der Waals surface area contributed by atoms with Gasteiger partial charge in [0.1, 0.15) is 5.75 Å². The molecule has 30 heavy (non-hydrogen) atoms. The van der Waals surface area contributed by atoms with E-state index in [1.807, 2.05) is 44.4 Å². The Hall–Kier alpha value is -3.39. The summed E-state index contributed by atoms with van der Waals surface area (Å²) in [5.41, 5.74) is 3.79. The van der Waals surface area contributed by atoms with Gasteiger partial charge in [-0.25, -0.2) is 9.78 Å². The fourth-order valence-electron chi connectivity index (χ4n) is 2.78. The number of rotatable bonds is 6. The summed E-state index contributed by atoms with van der Waals surface area (Å²) in [6.07, 6.45) is 0. The summed E-state index contributed by atoms with van der Waals surface area (Å²) in [6.45, 7) is 5.77. The summed E-state index contributed by atoms with van der Waals surface area (Å²) in [5, 5.41) is 10.7. The van der Waals surface area contributed by atoms with Crippen LogP contribution in [0.2, 0.25) is 0 Å². The smallest absolute Gasteiger partial charge is 0.319 e. The molecule has 3 amide bonds. The Morgan fingerprint density at radius 2 is 1.80 bits per heavy atom. The Morgan fingerprint density at radius 1 is 1.07 bits per heavy atom. The van der Waals surface area contributed by atoms with Crippen molar-refractivity contribution in [3.05, 3.63) is 59.0 Å². The maximum absolute atomic E-state index is 12.5. The minimum absolute atomic E-state index is 0.0398. The largest absolute Gasteiger partial charge is 0.496 e. The van der Waals surface area contributed by atoms with E-state index in [1.54, 1.807) is 31.4 Å². The van der Waals surface area contributed by atoms with Crippen LogP contribution in [0.1, 0.15) is 29.8 Å². The molecule has 0 atom stereocenters. The van der Waals surface area contributed by atoms with Crippen LogP contribution in [0.3, 0.4) is 0 Å². The zero-order valence-electron chi connectivity index (χ0n) is 17.3. The lowest BCUT2D eigenvalue weighted by Gasteiger charge is -2.10. The SMILES string of the molecule is COc1ccc(C)cc1-c1csc(NC(=O)c2ccc(NC(=O)NC(C)C)cc2)n1. The van der Waals surface area contributed by atoms with Gasteiger partial charge in [0, 0.05) is 28.2 Å². The third-order valence-corrected chi connectivity index (χ3v) is 4.94. The fourth-order valence-corrected chi connectivity index (χ4v) is 3.49. The van der Waals surface area contributed by atoms with E-state index in [9.17, 15) is 9.59 Å². The molecule has 2 aromatic carbocycles. The van der Waals surface area contributed by atoms with Crippen LogP contribution in [0.25, 0.3) is 11.3 Å². The van der Waals surface area contributed by atoms with Crippen LogP contribution >= 0.6 is 11.3 Å². The van der Waals surface area contributed by atoms with Gasteiger partial charge in [0.25, 0.3) is 5.91 Å². The number of carbonyl (C=O) groups excluding carboxylic acids is 2. The first-order valence-corrected chi connectivity index (χ1v) is 10.3. The molecule has 0 bridgehead atoms. The maximum atomic E-state index is 12.5. The van der Waals surface area contributed by atoms with E-state index in [0.717, 1.165) is 22.6 Å². The molecule has 1 heterocycles. The lowest BCUT2D eigenvalue weighted by atomic mass is 10.1. The fraction of sp³-hybridized carbons (Fsp3) is 0.227. The predicted molar refractivity (Wildman–Crippen MR) is 121 cm³/mol. The van der Waals surface area contributed by atoms with E-state index in [-0.39, 0.29) is 18.0 Å². The second-order valence-electron chi connectivity index (χ2n) is 7.03. The van der Waals surface area contributed by atoms with Crippen molar-refractivity contribution in [3.8, 4) is 17.0 Å². The molecule has 0 saturated heterocycles. The number of amides is 3. The number of urea groups is 1. The van der Waals surface area contributed by atoms with Gasteiger partial charge in [0.05, 0.1) is 12.8 Å². The lowest BCUT2D eigenvalue weighted by molar-refractivity contribution is 0.102. The van der Waals surface area contributed by atoms with Crippen molar-refractivity contribution >= 4 is 34.1 Å². The van der Waals surface area contributed by atoms with E-state index < -0.39 is 0 Å². The van der Waals surface area contributed by atoms with E-state index in [0.29, 0.717) is 16.4 Å². The number of thiazole rings is 1. The molecule has 0 radical (unpaired) electrons. The van der Waals surface area contributed by atoms with Crippen molar-refractivity contribution in [2.75, 3.05) is 17.7 Å².